The van der Waals surface area contributed by atoms with E-state index in [-0.39, 0.29) is 24.2 Å². The van der Waals surface area contributed by atoms with Crippen LogP contribution in [-0.2, 0) is 24.7 Å². The number of amides is 4. The predicted molar refractivity (Wildman–Crippen MR) is 124 cm³/mol. The van der Waals surface area contributed by atoms with Crippen LogP contribution in [0, 0.1) is 28.9 Å². The Morgan fingerprint density at radius 1 is 1.23 bits per heavy atom. The number of rotatable bonds is 5. The van der Waals surface area contributed by atoms with Gasteiger partial charge in [-0.25, -0.2) is 4.90 Å². The van der Waals surface area contributed by atoms with Gasteiger partial charge < -0.3 is 11.1 Å². The third kappa shape index (κ3) is 3.15. The van der Waals surface area contributed by atoms with E-state index in [1.807, 2.05) is 0 Å². The van der Waals surface area contributed by atoms with E-state index in [2.05, 4.69) is 10.6 Å². The molecule has 0 saturated carbocycles. The van der Waals surface area contributed by atoms with Crippen LogP contribution in [0.25, 0.3) is 0 Å². The van der Waals surface area contributed by atoms with Gasteiger partial charge >= 0.3 is 0 Å². The summed E-state index contributed by atoms with van der Waals surface area (Å²) in [6.07, 6.45) is 0.0542. The first-order chi connectivity index (χ1) is 16.6. The van der Waals surface area contributed by atoms with E-state index in [9.17, 15) is 29.3 Å². The molecule has 3 aliphatic heterocycles. The summed E-state index contributed by atoms with van der Waals surface area (Å²) in [5.74, 6) is -4.51. The number of fused-ring (bicyclic) bond motifs is 4. The SMILES string of the molecule is Cc1c(Cl)ccc2c1NC(=O)[C@@]21N[C@H](CCC(N)=O)[C@H]2C(=O)N(c3cccc([N+](=O)[O-])c3)C(=O)[C@H]21. The maximum absolute atomic E-state index is 13.8. The van der Waals surface area contributed by atoms with Gasteiger partial charge in [-0.1, -0.05) is 23.7 Å². The lowest BCUT2D eigenvalue weighted by atomic mass is 9.76. The molecule has 0 aromatic heterocycles. The average molecular weight is 498 g/mol. The van der Waals surface area contributed by atoms with E-state index in [1.165, 1.54) is 18.2 Å². The minimum absolute atomic E-state index is 0.0401. The molecule has 5 rings (SSSR count). The van der Waals surface area contributed by atoms with Gasteiger partial charge in [-0.05, 0) is 31.0 Å². The van der Waals surface area contributed by atoms with Crippen LogP contribution in [0.15, 0.2) is 36.4 Å². The van der Waals surface area contributed by atoms with E-state index >= 15 is 0 Å². The van der Waals surface area contributed by atoms with Gasteiger partial charge in [-0.2, -0.15) is 0 Å². The smallest absolute Gasteiger partial charge is 0.271 e. The number of carbonyl (C=O) groups excluding carboxylic acids is 4. The highest BCUT2D eigenvalue weighted by Gasteiger charge is 2.70. The molecule has 4 N–H and O–H groups in total. The van der Waals surface area contributed by atoms with E-state index < -0.39 is 52.0 Å². The molecule has 0 unspecified atom stereocenters. The summed E-state index contributed by atoms with van der Waals surface area (Å²) in [7, 11) is 0. The van der Waals surface area contributed by atoms with Crippen molar-refractivity contribution in [2.24, 2.45) is 17.6 Å². The lowest BCUT2D eigenvalue weighted by Crippen LogP contribution is -2.53. The number of nitrogens with zero attached hydrogens (tertiary/aromatic N) is 2. The molecule has 11 nitrogen and oxygen atoms in total. The Bertz CT molecular complexity index is 1350. The lowest BCUT2D eigenvalue weighted by Gasteiger charge is -2.29. The van der Waals surface area contributed by atoms with E-state index in [4.69, 9.17) is 17.3 Å². The van der Waals surface area contributed by atoms with Crippen LogP contribution < -0.4 is 21.3 Å². The molecule has 0 radical (unpaired) electrons. The van der Waals surface area contributed by atoms with E-state index in [0.717, 1.165) is 11.0 Å². The Labute approximate surface area is 203 Å². The van der Waals surface area contributed by atoms with Crippen LogP contribution in [0.3, 0.4) is 0 Å². The molecule has 3 aliphatic rings. The molecule has 2 aromatic carbocycles. The standard InChI is InChI=1S/C23H20ClN5O6/c1-10-14(24)6-5-13-19(10)26-22(33)23(13)18-17(15(27-23)7-8-16(25)30)20(31)28(21(18)32)11-3-2-4-12(9-11)29(34)35/h2-6,9,15,17-18,27H,7-8H2,1H3,(H2,25,30)(H,26,33)/t15-,17-,18+,23-/m1/s1. The number of non-ortho nitro benzene ring substituents is 1. The summed E-state index contributed by atoms with van der Waals surface area (Å²) in [4.78, 5) is 64.0. The fourth-order valence-corrected chi connectivity index (χ4v) is 5.69. The van der Waals surface area contributed by atoms with Gasteiger partial charge in [0.15, 0.2) is 0 Å². The Morgan fingerprint density at radius 3 is 2.66 bits per heavy atom. The number of imide groups is 1. The number of nitro groups is 1. The molecule has 4 amide bonds. The van der Waals surface area contributed by atoms with Gasteiger partial charge in [0, 0.05) is 35.2 Å². The molecule has 0 aliphatic carbocycles. The molecule has 2 saturated heterocycles. The van der Waals surface area contributed by atoms with Crippen LogP contribution in [0.1, 0.15) is 24.0 Å². The largest absolute Gasteiger partial charge is 0.370 e. The molecule has 35 heavy (non-hydrogen) atoms. The number of primary amides is 1. The molecule has 2 aromatic rings. The van der Waals surface area contributed by atoms with Gasteiger partial charge in [0.1, 0.15) is 5.54 Å². The summed E-state index contributed by atoms with van der Waals surface area (Å²) in [6.45, 7) is 1.73. The molecule has 0 bridgehead atoms. The van der Waals surface area contributed by atoms with Crippen molar-refractivity contribution in [2.45, 2.75) is 31.3 Å². The van der Waals surface area contributed by atoms with Crippen LogP contribution in [0.2, 0.25) is 5.02 Å². The van der Waals surface area contributed by atoms with Crippen LogP contribution in [0.5, 0.6) is 0 Å². The number of nitro benzene ring substituents is 1. The Balaban J connectivity index is 1.66. The van der Waals surface area contributed by atoms with Crippen molar-refractivity contribution >= 4 is 52.3 Å². The first-order valence-corrected chi connectivity index (χ1v) is 11.2. The molecule has 4 atom stereocenters. The average Bonchev–Trinajstić information content (AvgIpc) is 3.40. The molecule has 2 fully saturated rings. The second kappa shape index (κ2) is 7.85. The summed E-state index contributed by atoms with van der Waals surface area (Å²) in [5.41, 5.74) is 5.05. The highest BCUT2D eigenvalue weighted by Crippen LogP contribution is 2.55. The van der Waals surface area contributed by atoms with Crippen LogP contribution in [0.4, 0.5) is 17.1 Å². The number of anilines is 2. The summed E-state index contributed by atoms with van der Waals surface area (Å²) < 4.78 is 0. The van der Waals surface area contributed by atoms with Crippen molar-refractivity contribution in [3.8, 4) is 0 Å². The van der Waals surface area contributed by atoms with Gasteiger partial charge in [0.25, 0.3) is 5.69 Å². The predicted octanol–water partition coefficient (Wildman–Crippen LogP) is 1.75. The van der Waals surface area contributed by atoms with Crippen LogP contribution >= 0.6 is 11.6 Å². The van der Waals surface area contributed by atoms with E-state index in [1.54, 1.807) is 19.1 Å². The molecule has 180 valence electrons. The number of nitrogens with two attached hydrogens (primary N) is 1. The minimum Gasteiger partial charge on any atom is -0.370 e. The van der Waals surface area contributed by atoms with Crippen molar-refractivity contribution in [3.63, 3.8) is 0 Å². The van der Waals surface area contributed by atoms with E-state index in [0.29, 0.717) is 21.8 Å². The summed E-state index contributed by atoms with van der Waals surface area (Å²) in [5, 5.41) is 17.7. The van der Waals surface area contributed by atoms with Gasteiger partial charge in [0.2, 0.25) is 23.6 Å². The second-order valence-corrected chi connectivity index (χ2v) is 9.31. The minimum atomic E-state index is -1.58. The first kappa shape index (κ1) is 22.9. The van der Waals surface area contributed by atoms with Gasteiger partial charge in [-0.15, -0.1) is 0 Å². The second-order valence-electron chi connectivity index (χ2n) is 8.91. The third-order valence-corrected chi connectivity index (χ3v) is 7.49. The molecule has 3 heterocycles. The Kier molecular flexibility index (Phi) is 5.15. The Hall–Kier alpha value is -3.83. The zero-order valence-electron chi connectivity index (χ0n) is 18.4. The van der Waals surface area contributed by atoms with Crippen molar-refractivity contribution in [2.75, 3.05) is 10.2 Å². The third-order valence-electron chi connectivity index (χ3n) is 7.09. The zero-order chi connectivity index (χ0) is 25.2. The summed E-state index contributed by atoms with van der Waals surface area (Å²) >= 11 is 6.25. The molecular formula is C23H20ClN5O6. The maximum atomic E-state index is 13.8. The Morgan fingerprint density at radius 2 is 1.97 bits per heavy atom. The number of nitrogens with one attached hydrogen (secondary N) is 2. The number of halogens is 1. The maximum Gasteiger partial charge on any atom is 0.271 e. The van der Waals surface area contributed by atoms with Gasteiger partial charge in [0.05, 0.1) is 28.1 Å². The topological polar surface area (TPSA) is 165 Å². The van der Waals surface area contributed by atoms with Crippen molar-refractivity contribution in [1.29, 1.82) is 0 Å². The number of carbonyl (C=O) groups is 4. The monoisotopic (exact) mass is 497 g/mol. The fourth-order valence-electron chi connectivity index (χ4n) is 5.54. The highest BCUT2D eigenvalue weighted by atomic mass is 35.5. The molecule has 1 spiro atoms. The number of benzene rings is 2. The number of hydrogen-bond acceptors (Lipinski definition) is 7. The van der Waals surface area contributed by atoms with Crippen LogP contribution in [-0.4, -0.2) is 34.6 Å². The van der Waals surface area contributed by atoms with Crippen molar-refractivity contribution in [3.05, 3.63) is 62.7 Å². The number of hydrogen-bond donors (Lipinski definition) is 3. The normalized spacial score (nSPS) is 26.7. The lowest BCUT2D eigenvalue weighted by molar-refractivity contribution is -0.384. The molecule has 12 heteroatoms. The fraction of sp³-hybridized carbons (Fsp3) is 0.304. The first-order valence-electron chi connectivity index (χ1n) is 10.9. The zero-order valence-corrected chi connectivity index (χ0v) is 19.2. The highest BCUT2D eigenvalue weighted by molar-refractivity contribution is 6.32. The van der Waals surface area contributed by atoms with Crippen molar-refractivity contribution in [1.82, 2.24) is 5.32 Å². The quantitative estimate of drug-likeness (QED) is 0.321. The van der Waals surface area contributed by atoms with Gasteiger partial charge in [-0.3, -0.25) is 34.6 Å². The van der Waals surface area contributed by atoms with Crippen molar-refractivity contribution < 1.29 is 24.1 Å². The summed E-state index contributed by atoms with van der Waals surface area (Å²) in [6, 6.07) is 7.73. The molecular weight excluding hydrogens is 478 g/mol.